The Morgan fingerprint density at radius 2 is 2.12 bits per heavy atom. The SMILES string of the molecule is CCC(C)C(Br)c1ccc2c(c1)CC(C)(C)O2. The number of benzene rings is 1. The Morgan fingerprint density at radius 3 is 2.76 bits per heavy atom. The highest BCUT2D eigenvalue weighted by atomic mass is 79.9. The van der Waals surface area contributed by atoms with E-state index in [4.69, 9.17) is 4.74 Å². The van der Waals surface area contributed by atoms with Gasteiger partial charge in [0, 0.05) is 11.2 Å². The summed E-state index contributed by atoms with van der Waals surface area (Å²) >= 11 is 3.81. The summed E-state index contributed by atoms with van der Waals surface area (Å²) in [4.78, 5) is 0.446. The van der Waals surface area contributed by atoms with Crippen molar-refractivity contribution < 1.29 is 4.74 Å². The first-order valence-corrected chi connectivity index (χ1v) is 7.30. The van der Waals surface area contributed by atoms with E-state index >= 15 is 0 Å². The van der Waals surface area contributed by atoms with Gasteiger partial charge in [0.15, 0.2) is 0 Å². The van der Waals surface area contributed by atoms with Crippen molar-refractivity contribution in [1.29, 1.82) is 0 Å². The van der Waals surface area contributed by atoms with Crippen molar-refractivity contribution in [1.82, 2.24) is 0 Å². The lowest BCUT2D eigenvalue weighted by Gasteiger charge is -2.17. The lowest BCUT2D eigenvalue weighted by Crippen LogP contribution is -2.24. The molecule has 2 rings (SSSR count). The molecule has 0 aromatic heterocycles. The van der Waals surface area contributed by atoms with Gasteiger partial charge in [-0.2, -0.15) is 0 Å². The monoisotopic (exact) mass is 296 g/mol. The highest BCUT2D eigenvalue weighted by molar-refractivity contribution is 9.09. The third-order valence-corrected chi connectivity index (χ3v) is 4.98. The molecule has 0 bridgehead atoms. The second-order valence-electron chi connectivity index (χ2n) is 5.69. The molecule has 0 N–H and O–H groups in total. The average molecular weight is 297 g/mol. The molecule has 1 heterocycles. The van der Waals surface area contributed by atoms with Crippen molar-refractivity contribution in [2.24, 2.45) is 5.92 Å². The lowest BCUT2D eigenvalue weighted by atomic mass is 9.95. The highest BCUT2D eigenvalue weighted by Crippen LogP contribution is 2.39. The summed E-state index contributed by atoms with van der Waals surface area (Å²) in [6.07, 6.45) is 2.20. The van der Waals surface area contributed by atoms with Crippen LogP contribution >= 0.6 is 15.9 Å². The van der Waals surface area contributed by atoms with E-state index in [0.717, 1.165) is 12.2 Å². The topological polar surface area (TPSA) is 9.23 Å². The molecule has 0 amide bonds. The Balaban J connectivity index is 2.24. The number of halogens is 1. The molecule has 17 heavy (non-hydrogen) atoms. The normalized spacial score (nSPS) is 20.5. The van der Waals surface area contributed by atoms with Crippen LogP contribution in [0.25, 0.3) is 0 Å². The smallest absolute Gasteiger partial charge is 0.123 e. The van der Waals surface area contributed by atoms with Gasteiger partial charge in [0.25, 0.3) is 0 Å². The molecule has 1 aliphatic heterocycles. The van der Waals surface area contributed by atoms with Crippen LogP contribution in [-0.4, -0.2) is 5.60 Å². The van der Waals surface area contributed by atoms with Crippen molar-refractivity contribution in [3.8, 4) is 5.75 Å². The van der Waals surface area contributed by atoms with E-state index in [9.17, 15) is 0 Å². The van der Waals surface area contributed by atoms with Crippen LogP contribution in [0.2, 0.25) is 0 Å². The minimum Gasteiger partial charge on any atom is -0.487 e. The molecule has 1 aliphatic rings. The number of ether oxygens (including phenoxy) is 1. The van der Waals surface area contributed by atoms with Crippen LogP contribution < -0.4 is 4.74 Å². The van der Waals surface area contributed by atoms with Gasteiger partial charge in [0.05, 0.1) is 0 Å². The molecule has 1 aromatic carbocycles. The van der Waals surface area contributed by atoms with Crippen LogP contribution in [0.5, 0.6) is 5.75 Å². The van der Waals surface area contributed by atoms with Gasteiger partial charge < -0.3 is 4.74 Å². The third kappa shape index (κ3) is 2.67. The van der Waals surface area contributed by atoms with Crippen molar-refractivity contribution in [2.75, 3.05) is 0 Å². The first-order chi connectivity index (χ1) is 7.93. The fourth-order valence-electron chi connectivity index (χ4n) is 2.34. The lowest BCUT2D eigenvalue weighted by molar-refractivity contribution is 0.138. The summed E-state index contributed by atoms with van der Waals surface area (Å²) < 4.78 is 5.90. The molecule has 0 saturated heterocycles. The minimum atomic E-state index is -0.0425. The van der Waals surface area contributed by atoms with Crippen molar-refractivity contribution in [2.45, 2.75) is 51.0 Å². The molecule has 0 fully saturated rings. The molecule has 0 saturated carbocycles. The Hall–Kier alpha value is -0.500. The third-order valence-electron chi connectivity index (χ3n) is 3.55. The molecule has 0 radical (unpaired) electrons. The van der Waals surface area contributed by atoms with Gasteiger partial charge in [0.2, 0.25) is 0 Å². The number of alkyl halides is 1. The summed E-state index contributed by atoms with van der Waals surface area (Å²) in [6, 6.07) is 6.61. The van der Waals surface area contributed by atoms with E-state index in [1.54, 1.807) is 0 Å². The zero-order chi connectivity index (χ0) is 12.6. The van der Waals surface area contributed by atoms with Gasteiger partial charge in [-0.25, -0.2) is 0 Å². The van der Waals surface area contributed by atoms with Crippen molar-refractivity contribution in [3.05, 3.63) is 29.3 Å². The van der Waals surface area contributed by atoms with E-state index < -0.39 is 0 Å². The average Bonchev–Trinajstić information content (AvgIpc) is 2.59. The molecule has 0 aliphatic carbocycles. The van der Waals surface area contributed by atoms with Gasteiger partial charge in [-0.1, -0.05) is 48.3 Å². The van der Waals surface area contributed by atoms with E-state index in [1.807, 2.05) is 0 Å². The maximum atomic E-state index is 5.90. The van der Waals surface area contributed by atoms with Gasteiger partial charge in [0.1, 0.15) is 11.4 Å². The first kappa shape index (κ1) is 12.9. The predicted molar refractivity (Wildman–Crippen MR) is 76.0 cm³/mol. The Kier molecular flexibility index (Phi) is 3.53. The van der Waals surface area contributed by atoms with Gasteiger partial charge in [-0.3, -0.25) is 0 Å². The van der Waals surface area contributed by atoms with Crippen LogP contribution in [0, 0.1) is 5.92 Å². The quantitative estimate of drug-likeness (QED) is 0.722. The van der Waals surface area contributed by atoms with Gasteiger partial charge >= 0.3 is 0 Å². The summed E-state index contributed by atoms with van der Waals surface area (Å²) in [6.45, 7) is 8.81. The molecular weight excluding hydrogens is 276 g/mol. The largest absolute Gasteiger partial charge is 0.487 e. The van der Waals surface area contributed by atoms with E-state index in [2.05, 4.69) is 61.8 Å². The summed E-state index contributed by atoms with van der Waals surface area (Å²) in [5, 5.41) is 0. The van der Waals surface area contributed by atoms with Crippen LogP contribution in [-0.2, 0) is 6.42 Å². The molecule has 1 aromatic rings. The second-order valence-corrected chi connectivity index (χ2v) is 6.68. The number of hydrogen-bond donors (Lipinski definition) is 0. The predicted octanol–water partition coefficient (Wildman–Crippen LogP) is 4.88. The maximum absolute atomic E-state index is 5.90. The standard InChI is InChI=1S/C15H21BrO/c1-5-10(2)14(16)11-6-7-13-12(8-11)9-15(3,4)17-13/h6-8,10,14H,5,9H2,1-4H3. The fourth-order valence-corrected chi connectivity index (χ4v) is 3.00. The van der Waals surface area contributed by atoms with Crippen LogP contribution in [0.1, 0.15) is 50.1 Å². The first-order valence-electron chi connectivity index (χ1n) is 6.39. The Labute approximate surface area is 113 Å². The number of fused-ring (bicyclic) bond motifs is 1. The van der Waals surface area contributed by atoms with E-state index in [0.29, 0.717) is 10.7 Å². The zero-order valence-corrected chi connectivity index (χ0v) is 12.7. The Bertz CT molecular complexity index is 411. The summed E-state index contributed by atoms with van der Waals surface area (Å²) in [7, 11) is 0. The molecule has 94 valence electrons. The second kappa shape index (κ2) is 4.64. The molecular formula is C15H21BrO. The van der Waals surface area contributed by atoms with Crippen molar-refractivity contribution >= 4 is 15.9 Å². The summed E-state index contributed by atoms with van der Waals surface area (Å²) in [5.41, 5.74) is 2.68. The number of rotatable bonds is 3. The summed E-state index contributed by atoms with van der Waals surface area (Å²) in [5.74, 6) is 1.71. The van der Waals surface area contributed by atoms with Crippen LogP contribution in [0.15, 0.2) is 18.2 Å². The van der Waals surface area contributed by atoms with Crippen LogP contribution in [0.3, 0.4) is 0 Å². The van der Waals surface area contributed by atoms with E-state index in [-0.39, 0.29) is 5.60 Å². The molecule has 2 atom stereocenters. The zero-order valence-electron chi connectivity index (χ0n) is 11.1. The highest BCUT2D eigenvalue weighted by Gasteiger charge is 2.30. The van der Waals surface area contributed by atoms with E-state index in [1.165, 1.54) is 17.5 Å². The maximum Gasteiger partial charge on any atom is 0.123 e. The Morgan fingerprint density at radius 1 is 1.41 bits per heavy atom. The number of hydrogen-bond acceptors (Lipinski definition) is 1. The molecule has 1 nitrogen and oxygen atoms in total. The van der Waals surface area contributed by atoms with Crippen molar-refractivity contribution in [3.63, 3.8) is 0 Å². The molecule has 2 heteroatoms. The molecule has 2 unspecified atom stereocenters. The van der Waals surface area contributed by atoms with Gasteiger partial charge in [-0.05, 0) is 37.0 Å². The minimum absolute atomic E-state index is 0.0425. The van der Waals surface area contributed by atoms with Crippen LogP contribution in [0.4, 0.5) is 0 Å². The molecule has 0 spiro atoms. The fraction of sp³-hybridized carbons (Fsp3) is 0.600. The van der Waals surface area contributed by atoms with Gasteiger partial charge in [-0.15, -0.1) is 0 Å².